The van der Waals surface area contributed by atoms with E-state index in [4.69, 9.17) is 10.7 Å². The Balaban J connectivity index is 3.74. The third kappa shape index (κ3) is 2.88. The highest BCUT2D eigenvalue weighted by Crippen LogP contribution is 2.37. The second-order valence-corrected chi connectivity index (χ2v) is 5.56. The van der Waals surface area contributed by atoms with Crippen LogP contribution in [0.5, 0.6) is 0 Å². The summed E-state index contributed by atoms with van der Waals surface area (Å²) in [6.45, 7) is 0. The smallest absolute Gasteiger partial charge is 0.258 e. The van der Waals surface area contributed by atoms with E-state index in [0.29, 0.717) is 0 Å². The first-order valence-corrected chi connectivity index (χ1v) is 6.25. The molecule has 0 fully saturated rings. The topological polar surface area (TPSA) is 77.3 Å². The third-order valence-electron chi connectivity index (χ3n) is 1.81. The van der Waals surface area contributed by atoms with Crippen LogP contribution in [0.2, 0.25) is 0 Å². The molecule has 18 heavy (non-hydrogen) atoms. The van der Waals surface area contributed by atoms with Crippen LogP contribution in [0.1, 0.15) is 5.56 Å². The largest absolute Gasteiger partial charge is 0.419 e. The molecule has 1 rings (SSSR count). The van der Waals surface area contributed by atoms with Crippen LogP contribution >= 0.6 is 10.7 Å². The molecular weight excluding hydrogens is 306 g/mol. The zero-order valence-electron chi connectivity index (χ0n) is 8.03. The number of hydrogen-bond acceptors (Lipinski definition) is 4. The Morgan fingerprint density at radius 1 is 1.28 bits per heavy atom. The number of rotatable bonds is 2. The van der Waals surface area contributed by atoms with Crippen molar-refractivity contribution in [2.45, 2.75) is 11.1 Å². The van der Waals surface area contributed by atoms with Gasteiger partial charge in [0.2, 0.25) is 5.82 Å². The van der Waals surface area contributed by atoms with Crippen LogP contribution in [0.25, 0.3) is 0 Å². The zero-order valence-corrected chi connectivity index (χ0v) is 9.61. The number of halogens is 5. The molecule has 0 aliphatic rings. The van der Waals surface area contributed by atoms with Crippen molar-refractivity contribution in [1.29, 1.82) is 0 Å². The van der Waals surface area contributed by atoms with Crippen molar-refractivity contribution >= 4 is 25.4 Å². The summed E-state index contributed by atoms with van der Waals surface area (Å²) < 4.78 is 72.0. The fourth-order valence-corrected chi connectivity index (χ4v) is 1.84. The third-order valence-corrected chi connectivity index (χ3v) is 3.14. The lowest BCUT2D eigenvalue weighted by Crippen LogP contribution is -2.11. The fraction of sp³-hybridized carbons (Fsp3) is 0.143. The molecule has 0 heterocycles. The highest BCUT2D eigenvalue weighted by atomic mass is 35.7. The van der Waals surface area contributed by atoms with Crippen LogP contribution in [-0.2, 0) is 15.2 Å². The molecule has 0 amide bonds. The first-order valence-electron chi connectivity index (χ1n) is 3.94. The standard InChI is InChI=1S/C7H2ClF4NO4S/c8-18(16,17)3-1-4(7(10,11)12)6(9)5(2-3)13(14)15/h1-2H. The summed E-state index contributed by atoms with van der Waals surface area (Å²) in [5.74, 6) is -2.17. The Labute approximate surface area is 102 Å². The van der Waals surface area contributed by atoms with Crippen molar-refractivity contribution in [3.63, 3.8) is 0 Å². The van der Waals surface area contributed by atoms with Crippen LogP contribution in [0.3, 0.4) is 0 Å². The van der Waals surface area contributed by atoms with Crippen LogP contribution in [0.4, 0.5) is 23.2 Å². The van der Waals surface area contributed by atoms with Crippen molar-refractivity contribution in [3.05, 3.63) is 33.6 Å². The minimum Gasteiger partial charge on any atom is -0.258 e. The molecule has 0 bridgehead atoms. The van der Waals surface area contributed by atoms with Crippen molar-refractivity contribution in [3.8, 4) is 0 Å². The molecule has 5 nitrogen and oxygen atoms in total. The van der Waals surface area contributed by atoms with Gasteiger partial charge in [0, 0.05) is 16.7 Å². The van der Waals surface area contributed by atoms with Crippen molar-refractivity contribution in [2.75, 3.05) is 0 Å². The zero-order chi connectivity index (χ0) is 14.3. The van der Waals surface area contributed by atoms with Crippen LogP contribution < -0.4 is 0 Å². The van der Waals surface area contributed by atoms with Crippen molar-refractivity contribution in [1.82, 2.24) is 0 Å². The van der Waals surface area contributed by atoms with Gasteiger partial charge in [-0.15, -0.1) is 0 Å². The summed E-state index contributed by atoms with van der Waals surface area (Å²) in [6, 6.07) is 0.0115. The van der Waals surface area contributed by atoms with E-state index in [-0.39, 0.29) is 12.1 Å². The molecule has 0 saturated heterocycles. The minimum atomic E-state index is -5.29. The van der Waals surface area contributed by atoms with E-state index < -0.39 is 42.1 Å². The Kier molecular flexibility index (Phi) is 3.54. The van der Waals surface area contributed by atoms with E-state index in [2.05, 4.69) is 0 Å². The van der Waals surface area contributed by atoms with E-state index in [9.17, 15) is 36.1 Å². The monoisotopic (exact) mass is 307 g/mol. The van der Waals surface area contributed by atoms with Crippen molar-refractivity contribution in [2.24, 2.45) is 0 Å². The maximum atomic E-state index is 13.2. The highest BCUT2D eigenvalue weighted by Gasteiger charge is 2.39. The molecule has 1 aromatic carbocycles. The number of nitro groups is 1. The molecule has 0 atom stereocenters. The van der Waals surface area contributed by atoms with Gasteiger partial charge < -0.3 is 0 Å². The van der Waals surface area contributed by atoms with Gasteiger partial charge in [-0.1, -0.05) is 0 Å². The summed E-state index contributed by atoms with van der Waals surface area (Å²) in [5, 5.41) is 10.3. The van der Waals surface area contributed by atoms with Gasteiger partial charge >= 0.3 is 11.9 Å². The summed E-state index contributed by atoms with van der Waals surface area (Å²) in [6.07, 6.45) is -5.29. The highest BCUT2D eigenvalue weighted by molar-refractivity contribution is 8.13. The van der Waals surface area contributed by atoms with Gasteiger partial charge in [-0.2, -0.15) is 17.6 Å². The number of nitrogens with zero attached hydrogens (tertiary/aromatic N) is 1. The van der Waals surface area contributed by atoms with Crippen molar-refractivity contribution < 1.29 is 30.9 Å². The molecule has 0 aromatic heterocycles. The molecule has 0 aliphatic carbocycles. The quantitative estimate of drug-likeness (QED) is 0.364. The Bertz CT molecular complexity index is 613. The number of nitro benzene ring substituents is 1. The van der Waals surface area contributed by atoms with Gasteiger partial charge in [0.15, 0.2) is 0 Å². The molecule has 0 aliphatic heterocycles. The first-order chi connectivity index (χ1) is 7.94. The lowest BCUT2D eigenvalue weighted by atomic mass is 10.2. The Hall–Kier alpha value is -1.42. The second kappa shape index (κ2) is 4.35. The van der Waals surface area contributed by atoms with E-state index in [0.717, 1.165) is 0 Å². The molecule has 100 valence electrons. The van der Waals surface area contributed by atoms with E-state index >= 15 is 0 Å². The van der Waals surface area contributed by atoms with E-state index in [1.807, 2.05) is 0 Å². The van der Waals surface area contributed by atoms with E-state index in [1.165, 1.54) is 0 Å². The molecule has 1 aromatic rings. The van der Waals surface area contributed by atoms with Gasteiger partial charge in [0.1, 0.15) is 0 Å². The average molecular weight is 308 g/mol. The fourth-order valence-electron chi connectivity index (χ4n) is 1.06. The average Bonchev–Trinajstić information content (AvgIpc) is 2.13. The van der Waals surface area contributed by atoms with Gasteiger partial charge in [0.25, 0.3) is 9.05 Å². The molecule has 0 radical (unpaired) electrons. The Morgan fingerprint density at radius 3 is 2.11 bits per heavy atom. The normalized spacial score (nSPS) is 12.5. The molecule has 0 N–H and O–H groups in total. The number of hydrogen-bond donors (Lipinski definition) is 0. The molecule has 0 unspecified atom stereocenters. The molecular formula is C7H2ClF4NO4S. The van der Waals surface area contributed by atoms with Gasteiger partial charge in [-0.25, -0.2) is 8.42 Å². The van der Waals surface area contributed by atoms with Crippen LogP contribution in [-0.4, -0.2) is 13.3 Å². The van der Waals surface area contributed by atoms with Crippen LogP contribution in [0, 0.1) is 15.9 Å². The molecule has 0 saturated carbocycles. The predicted octanol–water partition coefficient (Wildman–Crippen LogP) is 2.68. The van der Waals surface area contributed by atoms with Gasteiger partial charge in [0.05, 0.1) is 15.4 Å². The van der Waals surface area contributed by atoms with Gasteiger partial charge in [-0.3, -0.25) is 10.1 Å². The first kappa shape index (κ1) is 14.6. The Morgan fingerprint density at radius 2 is 1.78 bits per heavy atom. The second-order valence-electron chi connectivity index (χ2n) is 3.00. The van der Waals surface area contributed by atoms with Gasteiger partial charge in [-0.05, 0) is 6.07 Å². The summed E-state index contributed by atoms with van der Waals surface area (Å²) >= 11 is 0. The van der Waals surface area contributed by atoms with E-state index in [1.54, 1.807) is 0 Å². The maximum absolute atomic E-state index is 13.2. The SMILES string of the molecule is O=[N+]([O-])c1cc(S(=O)(=O)Cl)cc(C(F)(F)F)c1F. The summed E-state index contributed by atoms with van der Waals surface area (Å²) in [4.78, 5) is 7.66. The minimum absolute atomic E-state index is 0.106. The number of alkyl halides is 3. The lowest BCUT2D eigenvalue weighted by Gasteiger charge is -2.09. The molecule has 11 heteroatoms. The van der Waals surface area contributed by atoms with Crippen LogP contribution in [0.15, 0.2) is 17.0 Å². The number of benzene rings is 1. The summed E-state index contributed by atoms with van der Waals surface area (Å²) in [7, 11) is 0.112. The molecule has 0 spiro atoms. The maximum Gasteiger partial charge on any atom is 0.419 e. The summed E-state index contributed by atoms with van der Waals surface area (Å²) in [5.41, 5.74) is -3.69. The predicted molar refractivity (Wildman–Crippen MR) is 51.1 cm³/mol. The lowest BCUT2D eigenvalue weighted by molar-refractivity contribution is -0.388.